The molecule has 0 aliphatic carbocycles. The standard InChI is InChI=1S/C15H28N2O/c1-10(2)13-8-16-15(3,4)9-17(13)12-7-11-5-6-14(12)18-11/h10-14,16H,5-9H2,1-4H3. The zero-order valence-corrected chi connectivity index (χ0v) is 12.3. The van der Waals surface area contributed by atoms with Crippen LogP contribution in [0.3, 0.4) is 0 Å². The summed E-state index contributed by atoms with van der Waals surface area (Å²) in [6, 6.07) is 1.35. The summed E-state index contributed by atoms with van der Waals surface area (Å²) in [7, 11) is 0. The highest BCUT2D eigenvalue weighted by Crippen LogP contribution is 2.39. The van der Waals surface area contributed by atoms with Crippen LogP contribution in [0.1, 0.15) is 47.0 Å². The number of ether oxygens (including phenoxy) is 1. The molecule has 0 aromatic carbocycles. The predicted molar refractivity (Wildman–Crippen MR) is 73.7 cm³/mol. The van der Waals surface area contributed by atoms with Crippen molar-refractivity contribution in [3.63, 3.8) is 0 Å². The van der Waals surface area contributed by atoms with Crippen molar-refractivity contribution in [2.75, 3.05) is 13.1 Å². The van der Waals surface area contributed by atoms with Crippen molar-refractivity contribution < 1.29 is 4.74 Å². The molecule has 0 amide bonds. The highest BCUT2D eigenvalue weighted by Gasteiger charge is 2.48. The number of piperazine rings is 1. The van der Waals surface area contributed by atoms with Crippen LogP contribution in [0.4, 0.5) is 0 Å². The van der Waals surface area contributed by atoms with Crippen molar-refractivity contribution in [2.24, 2.45) is 5.92 Å². The van der Waals surface area contributed by atoms with Gasteiger partial charge < -0.3 is 10.1 Å². The third-order valence-corrected chi connectivity index (χ3v) is 5.06. The Labute approximate surface area is 111 Å². The number of nitrogens with one attached hydrogen (secondary N) is 1. The van der Waals surface area contributed by atoms with Gasteiger partial charge >= 0.3 is 0 Å². The molecule has 2 bridgehead atoms. The summed E-state index contributed by atoms with van der Waals surface area (Å²) in [4.78, 5) is 2.77. The van der Waals surface area contributed by atoms with Gasteiger partial charge in [-0.15, -0.1) is 0 Å². The summed E-state index contributed by atoms with van der Waals surface area (Å²) >= 11 is 0. The SMILES string of the molecule is CC(C)C1CNC(C)(C)CN1C1CC2CCC1O2. The molecule has 0 aromatic rings. The number of hydrogen-bond acceptors (Lipinski definition) is 3. The molecule has 4 atom stereocenters. The zero-order chi connectivity index (χ0) is 12.9. The molecule has 3 heteroatoms. The second-order valence-corrected chi connectivity index (χ2v) is 7.43. The van der Waals surface area contributed by atoms with Crippen LogP contribution in [0.2, 0.25) is 0 Å². The molecule has 0 aromatic heterocycles. The van der Waals surface area contributed by atoms with Crippen molar-refractivity contribution in [3.05, 3.63) is 0 Å². The lowest BCUT2D eigenvalue weighted by Crippen LogP contribution is -2.66. The van der Waals surface area contributed by atoms with E-state index in [-0.39, 0.29) is 5.54 Å². The maximum Gasteiger partial charge on any atom is 0.0736 e. The Morgan fingerprint density at radius 1 is 1.28 bits per heavy atom. The third kappa shape index (κ3) is 2.21. The fourth-order valence-electron chi connectivity index (χ4n) is 4.07. The van der Waals surface area contributed by atoms with Crippen LogP contribution in [-0.4, -0.2) is 47.8 Å². The van der Waals surface area contributed by atoms with Gasteiger partial charge in [0, 0.05) is 30.7 Å². The van der Waals surface area contributed by atoms with E-state index in [1.807, 2.05) is 0 Å². The minimum atomic E-state index is 0.243. The van der Waals surface area contributed by atoms with E-state index in [9.17, 15) is 0 Å². The van der Waals surface area contributed by atoms with Gasteiger partial charge in [0.2, 0.25) is 0 Å². The van der Waals surface area contributed by atoms with Gasteiger partial charge in [-0.2, -0.15) is 0 Å². The van der Waals surface area contributed by atoms with Crippen LogP contribution in [-0.2, 0) is 4.74 Å². The molecule has 18 heavy (non-hydrogen) atoms. The van der Waals surface area contributed by atoms with Crippen LogP contribution < -0.4 is 5.32 Å². The van der Waals surface area contributed by atoms with Gasteiger partial charge in [0.1, 0.15) is 0 Å². The number of nitrogens with zero attached hydrogens (tertiary/aromatic N) is 1. The molecule has 0 radical (unpaired) electrons. The van der Waals surface area contributed by atoms with Gasteiger partial charge in [0.05, 0.1) is 12.2 Å². The molecule has 4 unspecified atom stereocenters. The van der Waals surface area contributed by atoms with Crippen molar-refractivity contribution in [3.8, 4) is 0 Å². The fraction of sp³-hybridized carbons (Fsp3) is 1.00. The lowest BCUT2D eigenvalue weighted by molar-refractivity contribution is 0.000748. The van der Waals surface area contributed by atoms with E-state index < -0.39 is 0 Å². The molecule has 3 fully saturated rings. The lowest BCUT2D eigenvalue weighted by Gasteiger charge is -2.50. The minimum Gasteiger partial charge on any atom is -0.373 e. The number of fused-ring (bicyclic) bond motifs is 2. The summed E-state index contributed by atoms with van der Waals surface area (Å²) < 4.78 is 6.07. The summed E-state index contributed by atoms with van der Waals surface area (Å²) in [6.07, 6.45) is 4.92. The molecule has 0 saturated carbocycles. The molecular weight excluding hydrogens is 224 g/mol. The first-order valence-electron chi connectivity index (χ1n) is 7.62. The van der Waals surface area contributed by atoms with Crippen molar-refractivity contribution in [1.82, 2.24) is 10.2 Å². The van der Waals surface area contributed by atoms with Gasteiger partial charge in [0.25, 0.3) is 0 Å². The van der Waals surface area contributed by atoms with E-state index in [1.54, 1.807) is 0 Å². The average molecular weight is 252 g/mol. The molecule has 3 aliphatic heterocycles. The molecule has 3 rings (SSSR count). The largest absolute Gasteiger partial charge is 0.373 e. The van der Waals surface area contributed by atoms with Crippen LogP contribution in [0, 0.1) is 5.92 Å². The Kier molecular flexibility index (Phi) is 3.20. The quantitative estimate of drug-likeness (QED) is 0.814. The van der Waals surface area contributed by atoms with E-state index in [1.165, 1.54) is 19.3 Å². The number of hydrogen-bond donors (Lipinski definition) is 1. The van der Waals surface area contributed by atoms with Gasteiger partial charge in [-0.1, -0.05) is 13.8 Å². The Morgan fingerprint density at radius 3 is 2.61 bits per heavy atom. The maximum atomic E-state index is 6.07. The molecule has 104 valence electrons. The Morgan fingerprint density at radius 2 is 2.06 bits per heavy atom. The van der Waals surface area contributed by atoms with E-state index in [2.05, 4.69) is 37.9 Å². The third-order valence-electron chi connectivity index (χ3n) is 5.06. The molecule has 3 aliphatic rings. The molecule has 0 spiro atoms. The number of rotatable bonds is 2. The summed E-state index contributed by atoms with van der Waals surface area (Å²) in [6.45, 7) is 11.6. The van der Waals surface area contributed by atoms with Crippen LogP contribution in [0.15, 0.2) is 0 Å². The monoisotopic (exact) mass is 252 g/mol. The minimum absolute atomic E-state index is 0.243. The summed E-state index contributed by atoms with van der Waals surface area (Å²) in [5.41, 5.74) is 0.243. The highest BCUT2D eigenvalue weighted by atomic mass is 16.5. The molecule has 3 heterocycles. The Bertz CT molecular complexity index is 316. The molecule has 1 N–H and O–H groups in total. The van der Waals surface area contributed by atoms with Crippen LogP contribution in [0.5, 0.6) is 0 Å². The van der Waals surface area contributed by atoms with Crippen molar-refractivity contribution in [2.45, 2.75) is 76.8 Å². The van der Waals surface area contributed by atoms with E-state index >= 15 is 0 Å². The fourth-order valence-corrected chi connectivity index (χ4v) is 4.07. The van der Waals surface area contributed by atoms with Crippen molar-refractivity contribution in [1.29, 1.82) is 0 Å². The first-order valence-corrected chi connectivity index (χ1v) is 7.62. The first-order chi connectivity index (χ1) is 8.46. The van der Waals surface area contributed by atoms with Gasteiger partial charge in [0.15, 0.2) is 0 Å². The zero-order valence-electron chi connectivity index (χ0n) is 12.3. The topological polar surface area (TPSA) is 24.5 Å². The van der Waals surface area contributed by atoms with Gasteiger partial charge in [-0.05, 0) is 39.0 Å². The smallest absolute Gasteiger partial charge is 0.0736 e. The normalized spacial score (nSPS) is 43.8. The lowest BCUT2D eigenvalue weighted by atomic mass is 9.87. The molecular formula is C15H28N2O. The van der Waals surface area contributed by atoms with Crippen LogP contribution in [0.25, 0.3) is 0 Å². The van der Waals surface area contributed by atoms with Gasteiger partial charge in [-0.25, -0.2) is 0 Å². The van der Waals surface area contributed by atoms with E-state index in [0.29, 0.717) is 30.2 Å². The summed E-state index contributed by atoms with van der Waals surface area (Å²) in [5.74, 6) is 0.715. The molecule has 3 saturated heterocycles. The maximum absolute atomic E-state index is 6.07. The van der Waals surface area contributed by atoms with Gasteiger partial charge in [-0.3, -0.25) is 4.90 Å². The van der Waals surface area contributed by atoms with E-state index in [4.69, 9.17) is 4.74 Å². The Balaban J connectivity index is 1.77. The highest BCUT2D eigenvalue weighted by molar-refractivity contribution is 5.02. The molecule has 3 nitrogen and oxygen atoms in total. The first kappa shape index (κ1) is 12.9. The van der Waals surface area contributed by atoms with Crippen LogP contribution >= 0.6 is 0 Å². The Hall–Kier alpha value is -0.120. The average Bonchev–Trinajstić information content (AvgIpc) is 2.88. The summed E-state index contributed by atoms with van der Waals surface area (Å²) in [5, 5.41) is 3.70. The van der Waals surface area contributed by atoms with E-state index in [0.717, 1.165) is 13.1 Å². The predicted octanol–water partition coefficient (Wildman–Crippen LogP) is 2.01. The second kappa shape index (κ2) is 4.46. The van der Waals surface area contributed by atoms with Crippen molar-refractivity contribution >= 4 is 0 Å². The second-order valence-electron chi connectivity index (χ2n) is 7.43.